The molecule has 0 saturated carbocycles. The quantitative estimate of drug-likeness (QED) is 0.846. The van der Waals surface area contributed by atoms with Crippen LogP contribution in [0.5, 0.6) is 5.75 Å². The van der Waals surface area contributed by atoms with Crippen LogP contribution >= 0.6 is 0 Å². The molecule has 1 aromatic carbocycles. The summed E-state index contributed by atoms with van der Waals surface area (Å²) in [6, 6.07) is 7.79. The summed E-state index contributed by atoms with van der Waals surface area (Å²) in [5, 5.41) is 12.9. The van der Waals surface area contributed by atoms with Crippen molar-refractivity contribution in [2.45, 2.75) is 32.5 Å². The van der Waals surface area contributed by atoms with E-state index in [0.717, 1.165) is 18.6 Å². The van der Waals surface area contributed by atoms with E-state index in [9.17, 15) is 5.11 Å². The first-order valence-electron chi connectivity index (χ1n) is 5.89. The number of hydrogen-bond acceptors (Lipinski definition) is 5. The van der Waals surface area contributed by atoms with Gasteiger partial charge in [-0.05, 0) is 37.5 Å². The largest absolute Gasteiger partial charge is 0.485 e. The van der Waals surface area contributed by atoms with Crippen molar-refractivity contribution in [1.29, 1.82) is 0 Å². The van der Waals surface area contributed by atoms with Gasteiger partial charge < -0.3 is 14.4 Å². The Morgan fingerprint density at radius 3 is 2.72 bits per heavy atom. The van der Waals surface area contributed by atoms with E-state index in [1.54, 1.807) is 6.92 Å². The predicted octanol–water partition coefficient (Wildman–Crippen LogP) is 1.96. The summed E-state index contributed by atoms with van der Waals surface area (Å²) in [5.41, 5.74) is 1.18. The Hall–Kier alpha value is -1.88. The fraction of sp³-hybridized carbons (Fsp3) is 0.385. The molecule has 0 saturated heterocycles. The lowest BCUT2D eigenvalue weighted by molar-refractivity contribution is 0.185. The van der Waals surface area contributed by atoms with Crippen molar-refractivity contribution in [3.63, 3.8) is 0 Å². The van der Waals surface area contributed by atoms with E-state index in [1.807, 2.05) is 24.3 Å². The van der Waals surface area contributed by atoms with Gasteiger partial charge >= 0.3 is 0 Å². The Morgan fingerprint density at radius 2 is 2.11 bits per heavy atom. The average Bonchev–Trinajstić information content (AvgIpc) is 2.88. The first-order valence-corrected chi connectivity index (χ1v) is 5.89. The molecule has 0 fully saturated rings. The highest BCUT2D eigenvalue weighted by molar-refractivity contribution is 5.27. The third-order valence-corrected chi connectivity index (χ3v) is 2.55. The van der Waals surface area contributed by atoms with Gasteiger partial charge in [-0.1, -0.05) is 17.3 Å². The number of aliphatic hydroxyl groups excluding tert-OH is 1. The minimum Gasteiger partial charge on any atom is -0.485 e. The molecule has 1 heterocycles. The molecule has 0 amide bonds. The van der Waals surface area contributed by atoms with Crippen LogP contribution in [-0.2, 0) is 13.0 Å². The number of ether oxygens (including phenoxy) is 1. The topological polar surface area (TPSA) is 68.4 Å². The van der Waals surface area contributed by atoms with E-state index in [4.69, 9.17) is 4.74 Å². The Bertz CT molecular complexity index is 452. The summed E-state index contributed by atoms with van der Waals surface area (Å²) in [6.07, 6.45) is 2.64. The minimum atomic E-state index is -0.265. The van der Waals surface area contributed by atoms with Gasteiger partial charge in [0.05, 0.1) is 6.10 Å². The van der Waals surface area contributed by atoms with Crippen LogP contribution in [-0.4, -0.2) is 21.4 Å². The lowest BCUT2D eigenvalue weighted by Gasteiger charge is -2.06. The zero-order chi connectivity index (χ0) is 12.8. The van der Waals surface area contributed by atoms with Crippen LogP contribution in [0.4, 0.5) is 0 Å². The Kier molecular flexibility index (Phi) is 4.30. The van der Waals surface area contributed by atoms with Crippen LogP contribution in [0, 0.1) is 0 Å². The molecule has 2 rings (SSSR count). The number of aryl methyl sites for hydroxylation is 1. The lowest BCUT2D eigenvalue weighted by atomic mass is 10.1. The van der Waals surface area contributed by atoms with Gasteiger partial charge in [0.15, 0.2) is 6.61 Å². The van der Waals surface area contributed by atoms with E-state index in [0.29, 0.717) is 12.4 Å². The van der Waals surface area contributed by atoms with Gasteiger partial charge in [0.2, 0.25) is 12.2 Å². The molecule has 0 aliphatic rings. The molecule has 18 heavy (non-hydrogen) atoms. The second kappa shape index (κ2) is 6.16. The Morgan fingerprint density at radius 1 is 1.33 bits per heavy atom. The maximum Gasteiger partial charge on any atom is 0.213 e. The van der Waals surface area contributed by atoms with Crippen LogP contribution in [0.3, 0.4) is 0 Å². The molecule has 96 valence electrons. The lowest BCUT2D eigenvalue weighted by Crippen LogP contribution is -2.01. The molecule has 5 nitrogen and oxygen atoms in total. The summed E-state index contributed by atoms with van der Waals surface area (Å²) in [6.45, 7) is 2.09. The molecule has 0 bridgehead atoms. The maximum absolute atomic E-state index is 9.21. The van der Waals surface area contributed by atoms with E-state index in [1.165, 1.54) is 12.0 Å². The minimum absolute atomic E-state index is 0.265. The second-order valence-corrected chi connectivity index (χ2v) is 4.17. The molecule has 0 aliphatic heterocycles. The van der Waals surface area contributed by atoms with E-state index in [2.05, 4.69) is 14.7 Å². The zero-order valence-corrected chi connectivity index (χ0v) is 10.2. The molecular formula is C13H16N2O3. The highest BCUT2D eigenvalue weighted by Crippen LogP contribution is 2.14. The predicted molar refractivity (Wildman–Crippen MR) is 65.1 cm³/mol. The first-order chi connectivity index (χ1) is 8.74. The fourth-order valence-corrected chi connectivity index (χ4v) is 1.53. The van der Waals surface area contributed by atoms with Crippen molar-refractivity contribution in [1.82, 2.24) is 10.1 Å². The summed E-state index contributed by atoms with van der Waals surface area (Å²) in [5.74, 6) is 1.29. The number of benzene rings is 1. The Labute approximate surface area is 105 Å². The fourth-order valence-electron chi connectivity index (χ4n) is 1.53. The van der Waals surface area contributed by atoms with Crippen LogP contribution in [0.2, 0.25) is 0 Å². The van der Waals surface area contributed by atoms with Gasteiger partial charge in [-0.3, -0.25) is 0 Å². The van der Waals surface area contributed by atoms with Crippen LogP contribution < -0.4 is 4.74 Å². The number of rotatable bonds is 6. The highest BCUT2D eigenvalue weighted by Gasteiger charge is 2.01. The second-order valence-electron chi connectivity index (χ2n) is 4.17. The zero-order valence-electron chi connectivity index (χ0n) is 10.2. The molecule has 5 heteroatoms. The normalized spacial score (nSPS) is 12.3. The van der Waals surface area contributed by atoms with Gasteiger partial charge in [-0.15, -0.1) is 0 Å². The Balaban J connectivity index is 1.83. The summed E-state index contributed by atoms with van der Waals surface area (Å²) in [7, 11) is 0. The van der Waals surface area contributed by atoms with Crippen LogP contribution in [0.25, 0.3) is 0 Å². The highest BCUT2D eigenvalue weighted by atomic mass is 16.5. The van der Waals surface area contributed by atoms with Crippen LogP contribution in [0.1, 0.15) is 24.7 Å². The van der Waals surface area contributed by atoms with Gasteiger partial charge in [0.1, 0.15) is 5.75 Å². The van der Waals surface area contributed by atoms with Crippen molar-refractivity contribution in [3.8, 4) is 5.75 Å². The van der Waals surface area contributed by atoms with Crippen LogP contribution in [0.15, 0.2) is 35.2 Å². The van der Waals surface area contributed by atoms with Crippen molar-refractivity contribution in [2.75, 3.05) is 0 Å². The third kappa shape index (κ3) is 3.85. The standard InChI is InChI=1S/C13H16N2O3/c1-10(16)2-3-11-4-6-12(7-5-11)17-8-13-14-9-18-15-13/h4-7,9-10,16H,2-3,8H2,1H3. The van der Waals surface area contributed by atoms with Gasteiger partial charge in [-0.25, -0.2) is 0 Å². The number of aliphatic hydroxyl groups is 1. The first kappa shape index (κ1) is 12.6. The SMILES string of the molecule is CC(O)CCc1ccc(OCc2ncon2)cc1. The van der Waals surface area contributed by atoms with E-state index >= 15 is 0 Å². The molecule has 1 atom stereocenters. The van der Waals surface area contributed by atoms with E-state index < -0.39 is 0 Å². The molecule has 0 aliphatic carbocycles. The smallest absolute Gasteiger partial charge is 0.213 e. The average molecular weight is 248 g/mol. The van der Waals surface area contributed by atoms with Gasteiger partial charge in [-0.2, -0.15) is 4.98 Å². The maximum atomic E-state index is 9.21. The van der Waals surface area contributed by atoms with Gasteiger partial charge in [0, 0.05) is 0 Å². The molecule has 1 unspecified atom stereocenters. The number of nitrogens with zero attached hydrogens (tertiary/aromatic N) is 2. The molecule has 1 N–H and O–H groups in total. The van der Waals surface area contributed by atoms with E-state index in [-0.39, 0.29) is 6.10 Å². The molecule has 1 aromatic heterocycles. The van der Waals surface area contributed by atoms with Crippen molar-refractivity contribution in [2.24, 2.45) is 0 Å². The number of hydrogen-bond donors (Lipinski definition) is 1. The molecule has 2 aromatic rings. The summed E-state index contributed by atoms with van der Waals surface area (Å²) < 4.78 is 10.1. The van der Waals surface area contributed by atoms with Crippen molar-refractivity contribution >= 4 is 0 Å². The third-order valence-electron chi connectivity index (χ3n) is 2.55. The van der Waals surface area contributed by atoms with Crippen molar-refractivity contribution in [3.05, 3.63) is 42.0 Å². The monoisotopic (exact) mass is 248 g/mol. The number of aromatic nitrogens is 2. The van der Waals surface area contributed by atoms with Crippen molar-refractivity contribution < 1.29 is 14.4 Å². The summed E-state index contributed by atoms with van der Waals surface area (Å²) >= 11 is 0. The van der Waals surface area contributed by atoms with Gasteiger partial charge in [0.25, 0.3) is 0 Å². The molecular weight excluding hydrogens is 232 g/mol. The summed E-state index contributed by atoms with van der Waals surface area (Å²) in [4.78, 5) is 3.87. The molecule has 0 spiro atoms. The molecule has 0 radical (unpaired) electrons.